The van der Waals surface area contributed by atoms with Crippen LogP contribution in [0.4, 0.5) is 0 Å². The molecule has 0 aliphatic heterocycles. The van der Waals surface area contributed by atoms with Crippen LogP contribution in [0.3, 0.4) is 0 Å². The summed E-state index contributed by atoms with van der Waals surface area (Å²) in [6.07, 6.45) is 0. The van der Waals surface area contributed by atoms with Crippen LogP contribution in [0, 0.1) is 11.3 Å². The summed E-state index contributed by atoms with van der Waals surface area (Å²) in [7, 11) is 1.97. The van der Waals surface area contributed by atoms with Crippen LogP contribution < -0.4 is 0 Å². The number of hydrogen-bond acceptors (Lipinski definition) is 3. The van der Waals surface area contributed by atoms with E-state index in [9.17, 15) is 0 Å². The Morgan fingerprint density at radius 2 is 2.00 bits per heavy atom. The molecule has 3 nitrogen and oxygen atoms in total. The van der Waals surface area contributed by atoms with Crippen molar-refractivity contribution >= 4 is 0 Å². The number of benzene rings is 1. The molecule has 1 aromatic carbocycles. The number of nitrogens with zero attached hydrogens (tertiary/aromatic N) is 2. The number of nitriles is 1. The highest BCUT2D eigenvalue weighted by Gasteiger charge is 2.10. The van der Waals surface area contributed by atoms with E-state index in [-0.39, 0.29) is 12.6 Å². The summed E-state index contributed by atoms with van der Waals surface area (Å²) in [6, 6.07) is 9.90. The Labute approximate surface area is 90.6 Å². The third-order valence-electron chi connectivity index (χ3n) is 2.64. The van der Waals surface area contributed by atoms with Crippen molar-refractivity contribution in [3.63, 3.8) is 0 Å². The second-order valence-electron chi connectivity index (χ2n) is 3.61. The molecule has 3 heteroatoms. The van der Waals surface area contributed by atoms with E-state index in [1.54, 1.807) is 0 Å². The predicted molar refractivity (Wildman–Crippen MR) is 59.3 cm³/mol. The minimum absolute atomic E-state index is 0.164. The van der Waals surface area contributed by atoms with Crippen LogP contribution in [0.15, 0.2) is 24.3 Å². The molecular weight excluding hydrogens is 188 g/mol. The van der Waals surface area contributed by atoms with Gasteiger partial charge in [-0.1, -0.05) is 12.1 Å². The van der Waals surface area contributed by atoms with Crippen molar-refractivity contribution in [3.05, 3.63) is 35.4 Å². The molecule has 0 heterocycles. The van der Waals surface area contributed by atoms with E-state index in [2.05, 4.69) is 17.9 Å². The lowest BCUT2D eigenvalue weighted by Gasteiger charge is -2.24. The highest BCUT2D eigenvalue weighted by molar-refractivity contribution is 5.32. The molecule has 80 valence electrons. The Kier molecular flexibility index (Phi) is 4.29. The van der Waals surface area contributed by atoms with Gasteiger partial charge in [-0.3, -0.25) is 4.90 Å². The first-order chi connectivity index (χ1) is 7.19. The van der Waals surface area contributed by atoms with Gasteiger partial charge in [0, 0.05) is 12.6 Å². The molecule has 1 N–H and O–H groups in total. The Morgan fingerprint density at radius 1 is 1.40 bits per heavy atom. The van der Waals surface area contributed by atoms with Crippen LogP contribution in [-0.2, 0) is 0 Å². The molecule has 0 saturated heterocycles. The molecule has 0 aromatic heterocycles. The highest BCUT2D eigenvalue weighted by atomic mass is 16.3. The van der Waals surface area contributed by atoms with Gasteiger partial charge in [-0.15, -0.1) is 0 Å². The fourth-order valence-corrected chi connectivity index (χ4v) is 1.44. The summed E-state index contributed by atoms with van der Waals surface area (Å²) >= 11 is 0. The number of aliphatic hydroxyl groups is 1. The minimum Gasteiger partial charge on any atom is -0.395 e. The Balaban J connectivity index is 2.74. The van der Waals surface area contributed by atoms with Crippen LogP contribution >= 0.6 is 0 Å². The van der Waals surface area contributed by atoms with Gasteiger partial charge in [-0.2, -0.15) is 5.26 Å². The van der Waals surface area contributed by atoms with Crippen molar-refractivity contribution in [1.82, 2.24) is 4.90 Å². The van der Waals surface area contributed by atoms with Gasteiger partial charge in [0.05, 0.1) is 18.2 Å². The minimum atomic E-state index is 0.164. The molecule has 0 amide bonds. The third-order valence-corrected chi connectivity index (χ3v) is 2.64. The monoisotopic (exact) mass is 204 g/mol. The predicted octanol–water partition coefficient (Wildman–Crippen LogP) is 1.54. The lowest BCUT2D eigenvalue weighted by molar-refractivity contribution is 0.189. The molecule has 1 unspecified atom stereocenters. The Bertz CT molecular complexity index is 340. The number of rotatable bonds is 4. The normalized spacial score (nSPS) is 12.5. The lowest BCUT2D eigenvalue weighted by Crippen LogP contribution is -2.25. The van der Waals surface area contributed by atoms with E-state index >= 15 is 0 Å². The van der Waals surface area contributed by atoms with Gasteiger partial charge in [-0.05, 0) is 31.7 Å². The zero-order valence-corrected chi connectivity index (χ0v) is 9.14. The molecule has 0 aliphatic carbocycles. The number of likely N-dealkylation sites (N-methyl/N-ethyl adjacent to an activating group) is 1. The lowest BCUT2D eigenvalue weighted by atomic mass is 10.1. The van der Waals surface area contributed by atoms with Crippen molar-refractivity contribution in [2.24, 2.45) is 0 Å². The Morgan fingerprint density at radius 3 is 2.47 bits per heavy atom. The van der Waals surface area contributed by atoms with Crippen molar-refractivity contribution in [2.45, 2.75) is 13.0 Å². The maximum atomic E-state index is 8.83. The zero-order chi connectivity index (χ0) is 11.3. The molecule has 0 saturated carbocycles. The average molecular weight is 204 g/mol. The van der Waals surface area contributed by atoms with Crippen LogP contribution in [0.2, 0.25) is 0 Å². The standard InChI is InChI=1S/C12H16N2O/c1-10(14(2)7-8-15)12-5-3-11(9-13)4-6-12/h3-6,10,15H,7-8H2,1-2H3. The van der Waals surface area contributed by atoms with E-state index in [0.717, 1.165) is 5.56 Å². The third kappa shape index (κ3) is 3.05. The van der Waals surface area contributed by atoms with Crippen molar-refractivity contribution in [2.75, 3.05) is 20.2 Å². The first-order valence-electron chi connectivity index (χ1n) is 5.00. The van der Waals surface area contributed by atoms with Crippen LogP contribution in [0.5, 0.6) is 0 Å². The van der Waals surface area contributed by atoms with E-state index < -0.39 is 0 Å². The van der Waals surface area contributed by atoms with E-state index in [1.165, 1.54) is 0 Å². The first kappa shape index (κ1) is 11.7. The van der Waals surface area contributed by atoms with Crippen LogP contribution in [0.25, 0.3) is 0 Å². The number of hydrogen-bond donors (Lipinski definition) is 1. The van der Waals surface area contributed by atoms with Gasteiger partial charge in [-0.25, -0.2) is 0 Å². The Hall–Kier alpha value is -1.37. The van der Waals surface area contributed by atoms with Gasteiger partial charge >= 0.3 is 0 Å². The van der Waals surface area contributed by atoms with Crippen LogP contribution in [0.1, 0.15) is 24.1 Å². The fourth-order valence-electron chi connectivity index (χ4n) is 1.44. The zero-order valence-electron chi connectivity index (χ0n) is 9.14. The molecular formula is C12H16N2O. The van der Waals surface area contributed by atoms with Gasteiger partial charge in [0.15, 0.2) is 0 Å². The molecule has 15 heavy (non-hydrogen) atoms. The van der Waals surface area contributed by atoms with Gasteiger partial charge in [0.1, 0.15) is 0 Å². The molecule has 0 radical (unpaired) electrons. The quantitative estimate of drug-likeness (QED) is 0.809. The molecule has 1 aromatic rings. The van der Waals surface area contributed by atoms with Gasteiger partial charge < -0.3 is 5.11 Å². The smallest absolute Gasteiger partial charge is 0.0991 e. The molecule has 0 spiro atoms. The fraction of sp³-hybridized carbons (Fsp3) is 0.417. The van der Waals surface area contributed by atoms with Crippen molar-refractivity contribution in [1.29, 1.82) is 5.26 Å². The topological polar surface area (TPSA) is 47.3 Å². The largest absolute Gasteiger partial charge is 0.395 e. The maximum Gasteiger partial charge on any atom is 0.0991 e. The summed E-state index contributed by atoms with van der Waals surface area (Å²) in [6.45, 7) is 2.90. The molecule has 0 aliphatic rings. The van der Waals surface area contributed by atoms with Gasteiger partial charge in [0.2, 0.25) is 0 Å². The van der Waals surface area contributed by atoms with E-state index in [4.69, 9.17) is 10.4 Å². The summed E-state index contributed by atoms with van der Waals surface area (Å²) in [5.41, 5.74) is 1.83. The van der Waals surface area contributed by atoms with Crippen molar-refractivity contribution < 1.29 is 5.11 Å². The van der Waals surface area contributed by atoms with E-state index in [0.29, 0.717) is 12.1 Å². The SMILES string of the molecule is CC(c1ccc(C#N)cc1)N(C)CCO. The van der Waals surface area contributed by atoms with Crippen LogP contribution in [-0.4, -0.2) is 30.2 Å². The summed E-state index contributed by atoms with van der Waals surface area (Å²) in [4.78, 5) is 2.07. The average Bonchev–Trinajstić information content (AvgIpc) is 2.28. The summed E-state index contributed by atoms with van der Waals surface area (Å²) in [5.74, 6) is 0. The van der Waals surface area contributed by atoms with Crippen molar-refractivity contribution in [3.8, 4) is 6.07 Å². The van der Waals surface area contributed by atoms with Gasteiger partial charge in [0.25, 0.3) is 0 Å². The molecule has 1 atom stereocenters. The van der Waals surface area contributed by atoms with E-state index in [1.807, 2.05) is 31.3 Å². The molecule has 0 bridgehead atoms. The highest BCUT2D eigenvalue weighted by Crippen LogP contribution is 2.18. The summed E-state index contributed by atoms with van der Waals surface area (Å²) in [5, 5.41) is 17.5. The first-order valence-corrected chi connectivity index (χ1v) is 5.00. The second kappa shape index (κ2) is 5.50. The summed E-state index contributed by atoms with van der Waals surface area (Å²) < 4.78 is 0. The molecule has 0 fully saturated rings. The molecule has 1 rings (SSSR count). The number of aliphatic hydroxyl groups excluding tert-OH is 1. The maximum absolute atomic E-state index is 8.83. The second-order valence-corrected chi connectivity index (χ2v) is 3.61.